The van der Waals surface area contributed by atoms with E-state index in [2.05, 4.69) is 5.32 Å². The smallest absolute Gasteiger partial charge is 0.321 e. The van der Waals surface area contributed by atoms with Crippen LogP contribution in [-0.2, 0) is 14.4 Å². The summed E-state index contributed by atoms with van der Waals surface area (Å²) in [5, 5.41) is 12.6. The Bertz CT molecular complexity index is 1020. The molecule has 0 radical (unpaired) electrons. The van der Waals surface area contributed by atoms with Crippen molar-refractivity contribution in [1.82, 2.24) is 5.32 Å². The molecule has 0 unspecified atom stereocenters. The van der Waals surface area contributed by atoms with Crippen LogP contribution < -0.4 is 19.7 Å². The first-order valence-electron chi connectivity index (χ1n) is 9.21. The van der Waals surface area contributed by atoms with Crippen LogP contribution in [0.15, 0.2) is 42.5 Å². The normalized spacial score (nSPS) is 25.4. The number of methoxy groups -OCH3 is 2. The molecule has 2 aliphatic rings. The van der Waals surface area contributed by atoms with Crippen molar-refractivity contribution in [2.24, 2.45) is 11.8 Å². The molecule has 2 aromatic rings. The molecule has 2 amide bonds. The molecule has 2 aromatic carbocycles. The number of carbonyl (C=O) groups is 3. The minimum absolute atomic E-state index is 0.196. The summed E-state index contributed by atoms with van der Waals surface area (Å²) in [5.41, 5.74) is 0.707. The number of benzene rings is 2. The van der Waals surface area contributed by atoms with Crippen molar-refractivity contribution in [1.29, 1.82) is 0 Å². The zero-order valence-corrected chi connectivity index (χ0v) is 16.2. The summed E-state index contributed by atoms with van der Waals surface area (Å²) in [6.07, 6.45) is 0. The Morgan fingerprint density at radius 3 is 2.30 bits per heavy atom. The van der Waals surface area contributed by atoms with Gasteiger partial charge in [0.05, 0.1) is 31.7 Å². The molecular formula is C21H19FN2O6. The van der Waals surface area contributed by atoms with Gasteiger partial charge in [-0.3, -0.25) is 19.7 Å². The van der Waals surface area contributed by atoms with Gasteiger partial charge < -0.3 is 14.6 Å². The van der Waals surface area contributed by atoms with Crippen molar-refractivity contribution in [3.05, 3.63) is 53.8 Å². The maximum Gasteiger partial charge on any atom is 0.321 e. The lowest BCUT2D eigenvalue weighted by atomic mass is 9.86. The fraction of sp³-hybridized carbons (Fsp3) is 0.286. The number of hydrogen-bond acceptors (Lipinski definition) is 6. The number of hydrogen-bond donors (Lipinski definition) is 2. The summed E-state index contributed by atoms with van der Waals surface area (Å²) in [7, 11) is 2.94. The van der Waals surface area contributed by atoms with Gasteiger partial charge in [0, 0.05) is 11.6 Å². The van der Waals surface area contributed by atoms with E-state index in [1.165, 1.54) is 26.4 Å². The first-order valence-corrected chi connectivity index (χ1v) is 9.21. The molecule has 30 heavy (non-hydrogen) atoms. The van der Waals surface area contributed by atoms with E-state index in [4.69, 9.17) is 9.47 Å². The van der Waals surface area contributed by atoms with Gasteiger partial charge in [0.1, 0.15) is 23.4 Å². The van der Waals surface area contributed by atoms with Crippen LogP contribution in [0.4, 0.5) is 10.1 Å². The third-order valence-corrected chi connectivity index (χ3v) is 5.60. The van der Waals surface area contributed by atoms with Crippen molar-refractivity contribution >= 4 is 23.5 Å². The van der Waals surface area contributed by atoms with E-state index in [0.717, 1.165) is 17.0 Å². The summed E-state index contributed by atoms with van der Waals surface area (Å²) < 4.78 is 23.9. The van der Waals surface area contributed by atoms with E-state index in [1.807, 2.05) is 0 Å². The molecule has 0 aliphatic carbocycles. The molecule has 2 saturated heterocycles. The lowest BCUT2D eigenvalue weighted by molar-refractivity contribution is -0.142. The Morgan fingerprint density at radius 1 is 1.03 bits per heavy atom. The zero-order chi connectivity index (χ0) is 21.6. The predicted octanol–water partition coefficient (Wildman–Crippen LogP) is 1.75. The number of anilines is 1. The van der Waals surface area contributed by atoms with Crippen LogP contribution in [-0.4, -0.2) is 43.2 Å². The third kappa shape index (κ3) is 2.98. The van der Waals surface area contributed by atoms with Crippen molar-refractivity contribution < 1.29 is 33.4 Å². The molecule has 4 atom stereocenters. The summed E-state index contributed by atoms with van der Waals surface area (Å²) in [6, 6.07) is 7.83. The molecule has 4 rings (SSSR count). The van der Waals surface area contributed by atoms with Crippen LogP contribution in [0, 0.1) is 17.7 Å². The van der Waals surface area contributed by atoms with Crippen molar-refractivity contribution in [3.63, 3.8) is 0 Å². The van der Waals surface area contributed by atoms with Crippen LogP contribution in [0.2, 0.25) is 0 Å². The number of ether oxygens (including phenoxy) is 2. The highest BCUT2D eigenvalue weighted by molar-refractivity contribution is 6.23. The van der Waals surface area contributed by atoms with E-state index >= 15 is 0 Å². The number of nitrogens with zero attached hydrogens (tertiary/aromatic N) is 1. The maximum absolute atomic E-state index is 13.3. The number of rotatable bonds is 5. The van der Waals surface area contributed by atoms with Crippen LogP contribution in [0.5, 0.6) is 11.5 Å². The summed E-state index contributed by atoms with van der Waals surface area (Å²) in [5.74, 6) is -4.10. The Kier molecular flexibility index (Phi) is 4.90. The molecular weight excluding hydrogens is 395 g/mol. The molecule has 9 heteroatoms. The molecule has 156 valence electrons. The summed E-state index contributed by atoms with van der Waals surface area (Å²) >= 11 is 0. The number of amides is 2. The minimum atomic E-state index is -1.27. The highest BCUT2D eigenvalue weighted by Gasteiger charge is 2.61. The topological polar surface area (TPSA) is 105 Å². The van der Waals surface area contributed by atoms with Crippen molar-refractivity contribution in [2.75, 3.05) is 19.1 Å². The van der Waals surface area contributed by atoms with Gasteiger partial charge >= 0.3 is 5.97 Å². The Morgan fingerprint density at radius 2 is 1.70 bits per heavy atom. The van der Waals surface area contributed by atoms with Gasteiger partial charge in [-0.1, -0.05) is 0 Å². The van der Waals surface area contributed by atoms with Gasteiger partial charge in [0.15, 0.2) is 0 Å². The number of carboxylic acid groups (broad SMARTS) is 1. The predicted molar refractivity (Wildman–Crippen MR) is 103 cm³/mol. The van der Waals surface area contributed by atoms with Gasteiger partial charge in [0.25, 0.3) is 0 Å². The second-order valence-electron chi connectivity index (χ2n) is 7.11. The maximum atomic E-state index is 13.3. The first kappa shape index (κ1) is 19.8. The number of imide groups is 1. The van der Waals surface area contributed by atoms with Gasteiger partial charge in [-0.15, -0.1) is 0 Å². The number of fused-ring (bicyclic) bond motifs is 1. The first-order chi connectivity index (χ1) is 14.4. The highest BCUT2D eigenvalue weighted by Crippen LogP contribution is 2.47. The molecule has 0 saturated carbocycles. The van der Waals surface area contributed by atoms with E-state index in [1.54, 1.807) is 18.2 Å². The SMILES string of the molecule is COc1ccc(OC)c([C@@H]2N[C@H](C(=O)O)[C@H]3C(=O)N(c4ccc(F)cc4)C(=O)[C@H]32)c1. The lowest BCUT2D eigenvalue weighted by Crippen LogP contribution is -2.43. The molecule has 0 aromatic heterocycles. The highest BCUT2D eigenvalue weighted by atomic mass is 19.1. The zero-order valence-electron chi connectivity index (χ0n) is 16.2. The second-order valence-corrected chi connectivity index (χ2v) is 7.11. The van der Waals surface area contributed by atoms with E-state index in [-0.39, 0.29) is 5.69 Å². The standard InChI is InChI=1S/C21H19FN2O6/c1-29-12-7-8-14(30-2)13(9-12)17-15-16(18(23-17)21(27)28)20(26)24(19(15)25)11-5-3-10(22)4-6-11/h3-9,15-18,23H,1-2H3,(H,27,28)/t15-,16+,17+,18+/m1/s1. The fourth-order valence-electron chi connectivity index (χ4n) is 4.25. The number of carboxylic acids is 1. The summed E-state index contributed by atoms with van der Waals surface area (Å²) in [4.78, 5) is 39.2. The molecule has 2 fully saturated rings. The minimum Gasteiger partial charge on any atom is -0.497 e. The number of aliphatic carboxylic acids is 1. The van der Waals surface area contributed by atoms with Gasteiger partial charge in [0.2, 0.25) is 11.8 Å². The number of carbonyl (C=O) groups excluding carboxylic acids is 2. The largest absolute Gasteiger partial charge is 0.497 e. The number of nitrogens with one attached hydrogen (secondary N) is 1. The average Bonchev–Trinajstić information content (AvgIpc) is 3.25. The third-order valence-electron chi connectivity index (χ3n) is 5.60. The molecule has 8 nitrogen and oxygen atoms in total. The monoisotopic (exact) mass is 414 g/mol. The Hall–Kier alpha value is -3.46. The van der Waals surface area contributed by atoms with Crippen molar-refractivity contribution in [2.45, 2.75) is 12.1 Å². The molecule has 2 N–H and O–H groups in total. The molecule has 2 aliphatic heterocycles. The number of halogens is 1. The Balaban J connectivity index is 1.81. The van der Waals surface area contributed by atoms with Gasteiger partial charge in [-0.2, -0.15) is 0 Å². The van der Waals surface area contributed by atoms with Crippen LogP contribution >= 0.6 is 0 Å². The average molecular weight is 414 g/mol. The van der Waals surface area contributed by atoms with E-state index in [9.17, 15) is 23.9 Å². The van der Waals surface area contributed by atoms with Crippen LogP contribution in [0.1, 0.15) is 11.6 Å². The fourth-order valence-corrected chi connectivity index (χ4v) is 4.25. The quantitative estimate of drug-likeness (QED) is 0.718. The van der Waals surface area contributed by atoms with E-state index < -0.39 is 47.5 Å². The van der Waals surface area contributed by atoms with Gasteiger partial charge in [-0.05, 0) is 42.5 Å². The van der Waals surface area contributed by atoms with Crippen LogP contribution in [0.25, 0.3) is 0 Å². The molecule has 0 bridgehead atoms. The second kappa shape index (κ2) is 7.42. The van der Waals surface area contributed by atoms with Crippen molar-refractivity contribution in [3.8, 4) is 11.5 Å². The Labute approximate surface area is 171 Å². The molecule has 2 heterocycles. The summed E-state index contributed by atoms with van der Waals surface area (Å²) in [6.45, 7) is 0. The van der Waals surface area contributed by atoms with E-state index in [0.29, 0.717) is 17.1 Å². The lowest BCUT2D eigenvalue weighted by Gasteiger charge is -2.23. The van der Waals surface area contributed by atoms with Crippen LogP contribution in [0.3, 0.4) is 0 Å². The molecule has 0 spiro atoms. The van der Waals surface area contributed by atoms with Gasteiger partial charge in [-0.25, -0.2) is 9.29 Å².